The van der Waals surface area contributed by atoms with Gasteiger partial charge in [0.2, 0.25) is 17.8 Å². The van der Waals surface area contributed by atoms with Gasteiger partial charge in [-0.05, 0) is 0 Å². The normalized spacial score (nSPS) is 15.9. The number of ether oxygens (including phenoxy) is 1. The van der Waals surface area contributed by atoms with Crippen LogP contribution >= 0.6 is 0 Å². The number of aromatic nitrogens is 3. The molecule has 8 nitrogen and oxygen atoms in total. The van der Waals surface area contributed by atoms with E-state index in [1.807, 2.05) is 4.90 Å². The van der Waals surface area contributed by atoms with Crippen LogP contribution in [0, 0.1) is 0 Å². The number of hydrogen-bond acceptors (Lipinski definition) is 8. The number of nitrogen functional groups attached to an aromatic ring is 1. The van der Waals surface area contributed by atoms with Gasteiger partial charge in [0.15, 0.2) is 0 Å². The molecule has 4 N–H and O–H groups in total. The smallest absolute Gasteiger partial charge is 0.378 e. The summed E-state index contributed by atoms with van der Waals surface area (Å²) < 4.78 is 41.6. The maximum Gasteiger partial charge on any atom is 0.390 e. The molecule has 1 aromatic rings. The summed E-state index contributed by atoms with van der Waals surface area (Å²) in [5.74, 6) is 5.73. The largest absolute Gasteiger partial charge is 0.390 e. The summed E-state index contributed by atoms with van der Waals surface area (Å²) in [6.45, 7) is 1.94. The van der Waals surface area contributed by atoms with Gasteiger partial charge in [-0.2, -0.15) is 28.1 Å². The molecule has 1 fully saturated rings. The van der Waals surface area contributed by atoms with Gasteiger partial charge >= 0.3 is 6.18 Å². The van der Waals surface area contributed by atoms with Gasteiger partial charge in [-0.3, -0.25) is 5.43 Å². The van der Waals surface area contributed by atoms with Crippen molar-refractivity contribution in [2.45, 2.75) is 12.6 Å². The predicted octanol–water partition coefficient (Wildman–Crippen LogP) is 0.358. The molecule has 0 bridgehead atoms. The van der Waals surface area contributed by atoms with Crippen LogP contribution in [0.1, 0.15) is 6.42 Å². The molecule has 0 spiro atoms. The molecule has 118 valence electrons. The van der Waals surface area contributed by atoms with E-state index >= 15 is 0 Å². The van der Waals surface area contributed by atoms with Gasteiger partial charge in [-0.25, -0.2) is 5.84 Å². The average Bonchev–Trinajstić information content (AvgIpc) is 2.46. The molecule has 0 unspecified atom stereocenters. The maximum absolute atomic E-state index is 12.1. The lowest BCUT2D eigenvalue weighted by Crippen LogP contribution is -2.37. The second kappa shape index (κ2) is 6.72. The molecule has 0 radical (unpaired) electrons. The molecule has 11 heteroatoms. The zero-order valence-electron chi connectivity index (χ0n) is 11.2. The van der Waals surface area contributed by atoms with E-state index in [-0.39, 0.29) is 18.4 Å². The molecule has 21 heavy (non-hydrogen) atoms. The Morgan fingerprint density at radius 2 is 1.81 bits per heavy atom. The zero-order valence-corrected chi connectivity index (χ0v) is 11.2. The molecule has 0 amide bonds. The van der Waals surface area contributed by atoms with Crippen molar-refractivity contribution in [2.75, 3.05) is 48.5 Å². The molecule has 2 rings (SSSR count). The summed E-state index contributed by atoms with van der Waals surface area (Å²) in [4.78, 5) is 13.9. The number of alkyl halides is 3. The Balaban J connectivity index is 2.06. The number of rotatable bonds is 5. The lowest BCUT2D eigenvalue weighted by Gasteiger charge is -2.27. The average molecular weight is 307 g/mol. The highest BCUT2D eigenvalue weighted by molar-refractivity contribution is 5.43. The minimum atomic E-state index is -4.23. The van der Waals surface area contributed by atoms with Gasteiger partial charge in [-0.15, -0.1) is 0 Å². The van der Waals surface area contributed by atoms with E-state index in [9.17, 15) is 13.2 Å². The zero-order chi connectivity index (χ0) is 15.3. The lowest BCUT2D eigenvalue weighted by atomic mass is 10.4. The number of nitrogens with one attached hydrogen (secondary N) is 2. The number of morpholine rings is 1. The van der Waals surface area contributed by atoms with Gasteiger partial charge in [0.05, 0.1) is 19.6 Å². The first-order chi connectivity index (χ1) is 9.98. The molecule has 0 aromatic carbocycles. The first-order valence-electron chi connectivity index (χ1n) is 6.34. The standard InChI is InChI=1S/C10H16F3N7O/c11-10(12,13)1-2-15-7-16-8(19-14)18-9(17-7)20-3-5-21-6-4-20/h1-6,14H2,(H2,15,16,17,18,19). The Bertz CT molecular complexity index is 464. The molecule has 0 saturated carbocycles. The van der Waals surface area contributed by atoms with Crippen molar-refractivity contribution in [2.24, 2.45) is 5.84 Å². The van der Waals surface area contributed by atoms with Crippen LogP contribution in [-0.2, 0) is 4.74 Å². The number of nitrogens with two attached hydrogens (primary N) is 1. The Morgan fingerprint density at radius 1 is 1.14 bits per heavy atom. The van der Waals surface area contributed by atoms with Crippen molar-refractivity contribution < 1.29 is 17.9 Å². The number of nitrogens with zero attached hydrogens (tertiary/aromatic N) is 4. The third-order valence-corrected chi connectivity index (χ3v) is 2.74. The van der Waals surface area contributed by atoms with Crippen LogP contribution in [-0.4, -0.2) is 54.0 Å². The SMILES string of the molecule is NNc1nc(NCCC(F)(F)F)nc(N2CCOCC2)n1. The van der Waals surface area contributed by atoms with E-state index in [2.05, 4.69) is 25.7 Å². The van der Waals surface area contributed by atoms with Crippen LogP contribution in [0.5, 0.6) is 0 Å². The summed E-state index contributed by atoms with van der Waals surface area (Å²) in [7, 11) is 0. The van der Waals surface area contributed by atoms with Crippen molar-refractivity contribution in [3.63, 3.8) is 0 Å². The van der Waals surface area contributed by atoms with E-state index in [4.69, 9.17) is 10.6 Å². The van der Waals surface area contributed by atoms with Gasteiger partial charge in [0, 0.05) is 19.6 Å². The highest BCUT2D eigenvalue weighted by Gasteiger charge is 2.26. The molecule has 1 aromatic heterocycles. The fourth-order valence-electron chi connectivity index (χ4n) is 1.73. The molecule has 1 saturated heterocycles. The minimum Gasteiger partial charge on any atom is -0.378 e. The third kappa shape index (κ3) is 4.86. The molecule has 2 heterocycles. The Labute approximate surface area is 118 Å². The van der Waals surface area contributed by atoms with E-state index in [1.54, 1.807) is 0 Å². The highest BCUT2D eigenvalue weighted by atomic mass is 19.4. The molecule has 0 aliphatic carbocycles. The van der Waals surface area contributed by atoms with Gasteiger partial charge in [-0.1, -0.05) is 0 Å². The van der Waals surface area contributed by atoms with Crippen LogP contribution in [0.25, 0.3) is 0 Å². The fourth-order valence-corrected chi connectivity index (χ4v) is 1.73. The molecular formula is C10H16F3N7O. The molecular weight excluding hydrogens is 291 g/mol. The number of hydrogen-bond donors (Lipinski definition) is 3. The van der Waals surface area contributed by atoms with Gasteiger partial charge in [0.1, 0.15) is 0 Å². The lowest BCUT2D eigenvalue weighted by molar-refractivity contribution is -0.131. The number of hydrazine groups is 1. The van der Waals surface area contributed by atoms with E-state index in [0.29, 0.717) is 32.3 Å². The van der Waals surface area contributed by atoms with Crippen LogP contribution in [0.15, 0.2) is 0 Å². The second-order valence-corrected chi connectivity index (χ2v) is 4.32. The van der Waals surface area contributed by atoms with Gasteiger partial charge < -0.3 is 15.0 Å². The highest BCUT2D eigenvalue weighted by Crippen LogP contribution is 2.19. The fraction of sp³-hybridized carbons (Fsp3) is 0.700. The van der Waals surface area contributed by atoms with Crippen LogP contribution in [0.2, 0.25) is 0 Å². The van der Waals surface area contributed by atoms with E-state index in [0.717, 1.165) is 0 Å². The second-order valence-electron chi connectivity index (χ2n) is 4.32. The maximum atomic E-state index is 12.1. The summed E-state index contributed by atoms with van der Waals surface area (Å²) in [5.41, 5.74) is 2.27. The number of halogens is 3. The Kier molecular flexibility index (Phi) is 4.96. The summed E-state index contributed by atoms with van der Waals surface area (Å²) in [5, 5.41) is 2.52. The van der Waals surface area contributed by atoms with Crippen LogP contribution in [0.4, 0.5) is 31.0 Å². The van der Waals surface area contributed by atoms with Crippen molar-refractivity contribution >= 4 is 17.8 Å². The first kappa shape index (κ1) is 15.5. The topological polar surface area (TPSA) is 101 Å². The Hall–Kier alpha value is -1.88. The van der Waals surface area contributed by atoms with Crippen LogP contribution in [0.3, 0.4) is 0 Å². The van der Waals surface area contributed by atoms with Crippen molar-refractivity contribution in [3.8, 4) is 0 Å². The third-order valence-electron chi connectivity index (χ3n) is 2.74. The molecule has 1 aliphatic heterocycles. The minimum absolute atomic E-state index is 0.0451. The first-order valence-corrected chi connectivity index (χ1v) is 6.34. The predicted molar refractivity (Wildman–Crippen MR) is 69.8 cm³/mol. The van der Waals surface area contributed by atoms with E-state index in [1.165, 1.54) is 0 Å². The summed E-state index contributed by atoms with van der Waals surface area (Å²) >= 11 is 0. The van der Waals surface area contributed by atoms with Gasteiger partial charge in [0.25, 0.3) is 0 Å². The van der Waals surface area contributed by atoms with Crippen molar-refractivity contribution in [1.82, 2.24) is 15.0 Å². The van der Waals surface area contributed by atoms with E-state index < -0.39 is 12.6 Å². The molecule has 0 atom stereocenters. The monoisotopic (exact) mass is 307 g/mol. The summed E-state index contributed by atoms with van der Waals surface area (Å²) in [6, 6.07) is 0. The number of anilines is 3. The van der Waals surface area contributed by atoms with Crippen LogP contribution < -0.4 is 21.5 Å². The van der Waals surface area contributed by atoms with Crippen molar-refractivity contribution in [1.29, 1.82) is 0 Å². The Morgan fingerprint density at radius 3 is 2.43 bits per heavy atom. The van der Waals surface area contributed by atoms with Crippen molar-refractivity contribution in [3.05, 3.63) is 0 Å². The summed E-state index contributed by atoms with van der Waals surface area (Å²) in [6.07, 6.45) is -5.21. The quantitative estimate of drug-likeness (QED) is 0.529. The molecule has 1 aliphatic rings.